The van der Waals surface area contributed by atoms with Crippen LogP contribution in [0.2, 0.25) is 0 Å². The third kappa shape index (κ3) is 4.26. The maximum atomic E-state index is 12.9. The highest BCUT2D eigenvalue weighted by Crippen LogP contribution is 2.37. The van der Waals surface area contributed by atoms with Crippen LogP contribution in [0, 0.1) is 5.41 Å². The number of nitrogens with zero attached hydrogens (tertiary/aromatic N) is 1. The standard InChI is InChI=1S/C25H30N2O3/c1-26-24(29)25(12-14-27(15-13-25)23(28)22-11-6-16-30-22)18-19-7-5-10-21(17-19)20-8-3-2-4-9-20/h2-5,7-10,17,22H,6,11-16,18H2,1H3,(H,26,29)/t22-/m0/s1. The molecule has 0 aliphatic carbocycles. The van der Waals surface area contributed by atoms with Gasteiger partial charge in [0, 0.05) is 26.7 Å². The molecule has 2 aromatic carbocycles. The second-order valence-electron chi connectivity index (χ2n) is 8.43. The molecule has 0 unspecified atom stereocenters. The van der Waals surface area contributed by atoms with Crippen LogP contribution in [0.3, 0.4) is 0 Å². The summed E-state index contributed by atoms with van der Waals surface area (Å²) in [6, 6.07) is 18.7. The quantitative estimate of drug-likeness (QED) is 0.828. The molecule has 2 aliphatic rings. The molecule has 0 spiro atoms. The summed E-state index contributed by atoms with van der Waals surface area (Å²) in [6.07, 6.45) is 3.48. The topological polar surface area (TPSA) is 58.6 Å². The van der Waals surface area contributed by atoms with Crippen LogP contribution in [0.1, 0.15) is 31.2 Å². The summed E-state index contributed by atoms with van der Waals surface area (Å²) in [5.41, 5.74) is 2.99. The van der Waals surface area contributed by atoms with Crippen molar-refractivity contribution in [2.24, 2.45) is 5.41 Å². The van der Waals surface area contributed by atoms with Crippen molar-refractivity contribution in [2.45, 2.75) is 38.2 Å². The number of amides is 2. The lowest BCUT2D eigenvalue weighted by atomic mass is 9.72. The van der Waals surface area contributed by atoms with Crippen LogP contribution >= 0.6 is 0 Å². The number of piperidine rings is 1. The number of benzene rings is 2. The summed E-state index contributed by atoms with van der Waals surface area (Å²) in [5, 5.41) is 2.87. The zero-order valence-electron chi connectivity index (χ0n) is 17.6. The molecular weight excluding hydrogens is 376 g/mol. The summed E-state index contributed by atoms with van der Waals surface area (Å²) in [4.78, 5) is 27.5. The average molecular weight is 407 g/mol. The lowest BCUT2D eigenvalue weighted by Crippen LogP contribution is -2.52. The highest BCUT2D eigenvalue weighted by molar-refractivity contribution is 5.84. The summed E-state index contributed by atoms with van der Waals surface area (Å²) in [5.74, 6) is 0.154. The molecule has 0 aromatic heterocycles. The lowest BCUT2D eigenvalue weighted by Gasteiger charge is -2.41. The Kier molecular flexibility index (Phi) is 6.18. The van der Waals surface area contributed by atoms with E-state index in [1.54, 1.807) is 7.05 Å². The van der Waals surface area contributed by atoms with Gasteiger partial charge in [-0.15, -0.1) is 0 Å². The van der Waals surface area contributed by atoms with Crippen molar-refractivity contribution >= 4 is 11.8 Å². The maximum absolute atomic E-state index is 12.9. The summed E-state index contributed by atoms with van der Waals surface area (Å²) >= 11 is 0. The van der Waals surface area contributed by atoms with Gasteiger partial charge in [0.05, 0.1) is 5.41 Å². The van der Waals surface area contributed by atoms with Crippen molar-refractivity contribution in [1.82, 2.24) is 10.2 Å². The normalized spacial score (nSPS) is 20.7. The van der Waals surface area contributed by atoms with Crippen LogP contribution in [0.25, 0.3) is 11.1 Å². The fraction of sp³-hybridized carbons (Fsp3) is 0.440. The van der Waals surface area contributed by atoms with E-state index < -0.39 is 5.41 Å². The first kappa shape index (κ1) is 20.6. The first-order valence-electron chi connectivity index (χ1n) is 10.9. The lowest BCUT2D eigenvalue weighted by molar-refractivity contribution is -0.146. The van der Waals surface area contributed by atoms with Gasteiger partial charge in [-0.05, 0) is 48.8 Å². The predicted molar refractivity (Wildman–Crippen MR) is 117 cm³/mol. The molecule has 2 fully saturated rings. The van der Waals surface area contributed by atoms with E-state index in [-0.39, 0.29) is 17.9 Å². The van der Waals surface area contributed by atoms with Crippen LogP contribution in [-0.2, 0) is 20.7 Å². The molecule has 2 heterocycles. The second kappa shape index (κ2) is 9.00. The molecular formula is C25H30N2O3. The van der Waals surface area contributed by atoms with E-state index in [0.717, 1.165) is 24.0 Å². The molecule has 5 heteroatoms. The molecule has 2 saturated heterocycles. The fourth-order valence-corrected chi connectivity index (χ4v) is 4.76. The van der Waals surface area contributed by atoms with Crippen LogP contribution in [0.15, 0.2) is 54.6 Å². The van der Waals surface area contributed by atoms with Gasteiger partial charge in [-0.25, -0.2) is 0 Å². The first-order valence-corrected chi connectivity index (χ1v) is 10.9. The number of ether oxygens (including phenoxy) is 1. The fourth-order valence-electron chi connectivity index (χ4n) is 4.76. The summed E-state index contributed by atoms with van der Waals surface area (Å²) in [6.45, 7) is 1.87. The highest BCUT2D eigenvalue weighted by atomic mass is 16.5. The molecule has 0 radical (unpaired) electrons. The van der Waals surface area contributed by atoms with E-state index in [1.807, 2.05) is 23.1 Å². The van der Waals surface area contributed by atoms with E-state index in [4.69, 9.17) is 4.74 Å². The van der Waals surface area contributed by atoms with Crippen molar-refractivity contribution in [3.63, 3.8) is 0 Å². The van der Waals surface area contributed by atoms with Gasteiger partial charge in [-0.1, -0.05) is 54.6 Å². The van der Waals surface area contributed by atoms with Crippen molar-refractivity contribution in [3.05, 3.63) is 60.2 Å². The molecule has 5 nitrogen and oxygen atoms in total. The van der Waals surface area contributed by atoms with Crippen molar-refractivity contribution in [3.8, 4) is 11.1 Å². The number of rotatable bonds is 5. The van der Waals surface area contributed by atoms with Crippen LogP contribution in [0.5, 0.6) is 0 Å². The Labute approximate surface area is 178 Å². The molecule has 2 aromatic rings. The Bertz CT molecular complexity index is 882. The molecule has 30 heavy (non-hydrogen) atoms. The molecule has 0 bridgehead atoms. The van der Waals surface area contributed by atoms with E-state index in [1.165, 1.54) is 5.56 Å². The average Bonchev–Trinajstić information content (AvgIpc) is 3.34. The molecule has 1 N–H and O–H groups in total. The van der Waals surface area contributed by atoms with Crippen LogP contribution in [0.4, 0.5) is 0 Å². The van der Waals surface area contributed by atoms with Gasteiger partial charge in [0.15, 0.2) is 0 Å². The van der Waals surface area contributed by atoms with E-state index >= 15 is 0 Å². The van der Waals surface area contributed by atoms with E-state index in [9.17, 15) is 9.59 Å². The Morgan fingerprint density at radius 1 is 1.07 bits per heavy atom. The van der Waals surface area contributed by atoms with Gasteiger partial charge in [0.1, 0.15) is 6.10 Å². The molecule has 158 valence electrons. The third-order valence-electron chi connectivity index (χ3n) is 6.52. The maximum Gasteiger partial charge on any atom is 0.251 e. The minimum absolute atomic E-state index is 0.0665. The number of carbonyl (C=O) groups is 2. The minimum Gasteiger partial charge on any atom is -0.368 e. The van der Waals surface area contributed by atoms with Gasteiger partial charge in [-0.2, -0.15) is 0 Å². The number of likely N-dealkylation sites (tertiary alicyclic amines) is 1. The molecule has 2 amide bonds. The summed E-state index contributed by atoms with van der Waals surface area (Å²) in [7, 11) is 1.70. The monoisotopic (exact) mass is 406 g/mol. The highest BCUT2D eigenvalue weighted by Gasteiger charge is 2.43. The summed E-state index contributed by atoms with van der Waals surface area (Å²) < 4.78 is 5.57. The van der Waals surface area contributed by atoms with Crippen LogP contribution < -0.4 is 5.32 Å². The SMILES string of the molecule is CNC(=O)C1(Cc2cccc(-c3ccccc3)c2)CCN(C(=O)[C@@H]2CCCO2)CC1. The van der Waals surface area contributed by atoms with Crippen molar-refractivity contribution in [1.29, 1.82) is 0 Å². The van der Waals surface area contributed by atoms with Crippen molar-refractivity contribution < 1.29 is 14.3 Å². The predicted octanol–water partition coefficient (Wildman–Crippen LogP) is 3.43. The number of hydrogen-bond acceptors (Lipinski definition) is 3. The van der Waals surface area contributed by atoms with Crippen LogP contribution in [-0.4, -0.2) is 49.6 Å². The molecule has 1 atom stereocenters. The van der Waals surface area contributed by atoms with E-state index in [0.29, 0.717) is 39.0 Å². The molecule has 0 saturated carbocycles. The smallest absolute Gasteiger partial charge is 0.251 e. The molecule has 4 rings (SSSR count). The Morgan fingerprint density at radius 2 is 1.80 bits per heavy atom. The Balaban J connectivity index is 1.50. The first-order chi connectivity index (χ1) is 14.6. The van der Waals surface area contributed by atoms with Gasteiger partial charge in [0.2, 0.25) is 5.91 Å². The third-order valence-corrected chi connectivity index (χ3v) is 6.52. The number of carbonyl (C=O) groups excluding carboxylic acids is 2. The van der Waals surface area contributed by atoms with Gasteiger partial charge in [-0.3, -0.25) is 9.59 Å². The number of hydrogen-bond donors (Lipinski definition) is 1. The van der Waals surface area contributed by atoms with Gasteiger partial charge < -0.3 is 15.0 Å². The van der Waals surface area contributed by atoms with Gasteiger partial charge >= 0.3 is 0 Å². The Hall–Kier alpha value is -2.66. The zero-order valence-corrected chi connectivity index (χ0v) is 17.6. The van der Waals surface area contributed by atoms with E-state index in [2.05, 4.69) is 41.7 Å². The Morgan fingerprint density at radius 3 is 2.47 bits per heavy atom. The van der Waals surface area contributed by atoms with Gasteiger partial charge in [0.25, 0.3) is 5.91 Å². The zero-order chi connectivity index (χ0) is 21.0. The molecule has 2 aliphatic heterocycles. The second-order valence-corrected chi connectivity index (χ2v) is 8.43. The number of nitrogens with one attached hydrogen (secondary N) is 1. The largest absolute Gasteiger partial charge is 0.368 e. The minimum atomic E-state index is -0.489. The van der Waals surface area contributed by atoms with Crippen molar-refractivity contribution in [2.75, 3.05) is 26.7 Å².